The summed E-state index contributed by atoms with van der Waals surface area (Å²) in [5, 5.41) is 10.9. The van der Waals surface area contributed by atoms with Gasteiger partial charge in [0.05, 0.1) is 20.3 Å². The molecule has 3 rings (SSSR count). The molecule has 1 N–H and O–H groups in total. The van der Waals surface area contributed by atoms with Crippen LogP contribution >= 0.6 is 11.8 Å². The van der Waals surface area contributed by atoms with Gasteiger partial charge in [-0.1, -0.05) is 66.4 Å². The second kappa shape index (κ2) is 11.3. The van der Waals surface area contributed by atoms with Gasteiger partial charge >= 0.3 is 5.97 Å². The molecule has 0 spiro atoms. The Hall–Kier alpha value is -2.16. The molecule has 2 aromatic rings. The van der Waals surface area contributed by atoms with Crippen LogP contribution in [0.2, 0.25) is 0 Å². The number of aliphatic hydroxyl groups is 1. The van der Waals surface area contributed by atoms with Gasteiger partial charge in [0.1, 0.15) is 23.7 Å². The minimum Gasteiger partial charge on any atom is -0.467 e. The molecule has 0 unspecified atom stereocenters. The van der Waals surface area contributed by atoms with Crippen molar-refractivity contribution < 1.29 is 28.8 Å². The van der Waals surface area contributed by atoms with Crippen LogP contribution in [0.4, 0.5) is 0 Å². The lowest BCUT2D eigenvalue weighted by atomic mass is 9.99. The first-order valence-electron chi connectivity index (χ1n) is 9.65. The smallest absolute Gasteiger partial charge is 0.337 e. The monoisotopic (exact) mass is 430 g/mol. The number of hydrogen-bond acceptors (Lipinski definition) is 7. The van der Waals surface area contributed by atoms with E-state index in [1.807, 2.05) is 60.7 Å². The van der Waals surface area contributed by atoms with Crippen LogP contribution < -0.4 is 0 Å². The lowest BCUT2D eigenvalue weighted by Gasteiger charge is -2.43. The zero-order chi connectivity index (χ0) is 21.3. The highest BCUT2D eigenvalue weighted by Gasteiger charge is 2.50. The lowest BCUT2D eigenvalue weighted by molar-refractivity contribution is -0.232. The Kier molecular flexibility index (Phi) is 8.48. The second-order valence-corrected chi connectivity index (χ2v) is 7.89. The van der Waals surface area contributed by atoms with Gasteiger partial charge in [-0.15, -0.1) is 6.58 Å². The molecule has 0 aromatic heterocycles. The largest absolute Gasteiger partial charge is 0.467 e. The Labute approximate surface area is 180 Å². The number of benzene rings is 2. The van der Waals surface area contributed by atoms with E-state index in [0.29, 0.717) is 0 Å². The molecule has 160 valence electrons. The molecule has 0 saturated carbocycles. The van der Waals surface area contributed by atoms with Gasteiger partial charge in [-0.05, 0) is 17.7 Å². The summed E-state index contributed by atoms with van der Waals surface area (Å²) in [6.07, 6.45) is -2.24. The summed E-state index contributed by atoms with van der Waals surface area (Å²) in [6, 6.07) is 19.2. The zero-order valence-electron chi connectivity index (χ0n) is 16.8. The number of rotatable bonds is 9. The molecule has 1 aliphatic rings. The van der Waals surface area contributed by atoms with E-state index in [1.165, 1.54) is 18.9 Å². The minimum atomic E-state index is -1.25. The molecular formula is C23H26O6S. The maximum absolute atomic E-state index is 12.3. The van der Waals surface area contributed by atoms with Gasteiger partial charge in [0.15, 0.2) is 6.10 Å². The average molecular weight is 431 g/mol. The van der Waals surface area contributed by atoms with Crippen molar-refractivity contribution in [3.05, 3.63) is 78.9 Å². The Morgan fingerprint density at radius 3 is 2.40 bits per heavy atom. The predicted molar refractivity (Wildman–Crippen MR) is 114 cm³/mol. The van der Waals surface area contributed by atoms with E-state index in [9.17, 15) is 9.90 Å². The maximum Gasteiger partial charge on any atom is 0.337 e. The highest BCUT2D eigenvalue weighted by atomic mass is 32.2. The SMILES string of the molecule is C=CCO[C@@H]1[C@@H](OCc2ccccc2)[C@H](O)[C@@H](C(=O)OC)O[C@@H]1Sc1ccccc1. The number of methoxy groups -OCH3 is 1. The molecule has 1 aliphatic heterocycles. The van der Waals surface area contributed by atoms with Crippen LogP contribution in [0.25, 0.3) is 0 Å². The van der Waals surface area contributed by atoms with E-state index in [0.717, 1.165) is 10.5 Å². The first-order chi connectivity index (χ1) is 14.6. The summed E-state index contributed by atoms with van der Waals surface area (Å²) < 4.78 is 22.8. The van der Waals surface area contributed by atoms with Crippen molar-refractivity contribution >= 4 is 17.7 Å². The summed E-state index contributed by atoms with van der Waals surface area (Å²) >= 11 is 1.40. The number of hydrogen-bond donors (Lipinski definition) is 1. The number of ether oxygens (including phenoxy) is 4. The summed E-state index contributed by atoms with van der Waals surface area (Å²) in [6.45, 7) is 4.21. The summed E-state index contributed by atoms with van der Waals surface area (Å²) in [7, 11) is 1.26. The van der Waals surface area contributed by atoms with Crippen LogP contribution in [0.1, 0.15) is 5.56 Å². The van der Waals surface area contributed by atoms with Gasteiger partial charge in [-0.3, -0.25) is 0 Å². The molecule has 1 heterocycles. The molecule has 5 atom stereocenters. The van der Waals surface area contributed by atoms with Crippen LogP contribution in [0.3, 0.4) is 0 Å². The Bertz CT molecular complexity index is 800. The van der Waals surface area contributed by atoms with Crippen LogP contribution in [-0.2, 0) is 30.3 Å². The molecule has 6 nitrogen and oxygen atoms in total. The number of esters is 1. The van der Waals surface area contributed by atoms with E-state index in [4.69, 9.17) is 18.9 Å². The molecular weight excluding hydrogens is 404 g/mol. The average Bonchev–Trinajstić information content (AvgIpc) is 2.79. The van der Waals surface area contributed by atoms with Gasteiger partial charge in [0.25, 0.3) is 0 Å². The topological polar surface area (TPSA) is 74.2 Å². The van der Waals surface area contributed by atoms with Crippen LogP contribution in [0.5, 0.6) is 0 Å². The third-order valence-electron chi connectivity index (χ3n) is 4.64. The molecule has 0 aliphatic carbocycles. The van der Waals surface area contributed by atoms with E-state index in [1.54, 1.807) is 6.08 Å². The molecule has 1 fully saturated rings. The van der Waals surface area contributed by atoms with Crippen LogP contribution in [-0.4, -0.2) is 54.6 Å². The Morgan fingerprint density at radius 1 is 1.10 bits per heavy atom. The highest BCUT2D eigenvalue weighted by Crippen LogP contribution is 2.36. The first-order valence-corrected chi connectivity index (χ1v) is 10.5. The van der Waals surface area contributed by atoms with Crippen molar-refractivity contribution in [3.8, 4) is 0 Å². The molecule has 0 radical (unpaired) electrons. The van der Waals surface area contributed by atoms with E-state index in [2.05, 4.69) is 6.58 Å². The van der Waals surface area contributed by atoms with E-state index < -0.39 is 35.8 Å². The summed E-state index contributed by atoms with van der Waals surface area (Å²) in [5.74, 6) is -0.656. The molecule has 1 saturated heterocycles. The third-order valence-corrected chi connectivity index (χ3v) is 5.80. The van der Waals surface area contributed by atoms with Gasteiger partial charge in [0.2, 0.25) is 0 Å². The van der Waals surface area contributed by atoms with Crippen molar-refractivity contribution in [3.63, 3.8) is 0 Å². The van der Waals surface area contributed by atoms with Gasteiger partial charge in [-0.25, -0.2) is 4.79 Å². The third kappa shape index (κ3) is 5.71. The number of carbonyl (C=O) groups excluding carboxylic acids is 1. The van der Waals surface area contributed by atoms with E-state index in [-0.39, 0.29) is 13.2 Å². The standard InChI is InChI=1S/C23H26O6S/c1-3-14-27-21-19(28-15-16-10-6-4-7-11-16)18(24)20(22(25)26-2)29-23(21)30-17-12-8-5-9-13-17/h3-13,18-21,23-24H,1,14-15H2,2H3/t18-,19-,20-,21+,23+/m0/s1. The fourth-order valence-electron chi connectivity index (χ4n) is 3.18. The number of aliphatic hydroxyl groups excluding tert-OH is 1. The fraction of sp³-hybridized carbons (Fsp3) is 0.348. The van der Waals surface area contributed by atoms with Crippen molar-refractivity contribution in [1.82, 2.24) is 0 Å². The first kappa shape index (κ1) is 22.5. The van der Waals surface area contributed by atoms with Crippen molar-refractivity contribution in [2.45, 2.75) is 41.4 Å². The summed E-state index contributed by atoms with van der Waals surface area (Å²) in [5.41, 5.74) is 0.348. The quantitative estimate of drug-likeness (QED) is 0.484. The zero-order valence-corrected chi connectivity index (χ0v) is 17.6. The van der Waals surface area contributed by atoms with E-state index >= 15 is 0 Å². The molecule has 30 heavy (non-hydrogen) atoms. The van der Waals surface area contributed by atoms with Crippen LogP contribution in [0, 0.1) is 0 Å². The number of carbonyl (C=O) groups is 1. The van der Waals surface area contributed by atoms with Crippen molar-refractivity contribution in [2.24, 2.45) is 0 Å². The van der Waals surface area contributed by atoms with Gasteiger partial charge in [0, 0.05) is 4.90 Å². The number of thioether (sulfide) groups is 1. The van der Waals surface area contributed by atoms with Crippen molar-refractivity contribution in [1.29, 1.82) is 0 Å². The normalized spacial score (nSPS) is 26.1. The lowest BCUT2D eigenvalue weighted by Crippen LogP contribution is -2.60. The molecule has 2 aromatic carbocycles. The minimum absolute atomic E-state index is 0.251. The Balaban J connectivity index is 1.86. The van der Waals surface area contributed by atoms with Gasteiger partial charge in [-0.2, -0.15) is 0 Å². The highest BCUT2D eigenvalue weighted by molar-refractivity contribution is 7.99. The maximum atomic E-state index is 12.3. The van der Waals surface area contributed by atoms with Crippen LogP contribution in [0.15, 0.2) is 78.2 Å². The Morgan fingerprint density at radius 2 is 1.77 bits per heavy atom. The molecule has 7 heteroatoms. The van der Waals surface area contributed by atoms with Gasteiger partial charge < -0.3 is 24.1 Å². The fourth-order valence-corrected chi connectivity index (χ4v) is 4.30. The second-order valence-electron chi connectivity index (χ2n) is 6.72. The van der Waals surface area contributed by atoms with Crippen molar-refractivity contribution in [2.75, 3.05) is 13.7 Å². The summed E-state index contributed by atoms with van der Waals surface area (Å²) in [4.78, 5) is 13.2. The predicted octanol–water partition coefficient (Wildman–Crippen LogP) is 3.19. The molecule has 0 amide bonds. The molecule has 0 bridgehead atoms.